The van der Waals surface area contributed by atoms with Crippen molar-refractivity contribution in [3.8, 4) is 17.1 Å². The number of halogens is 1. The fourth-order valence-corrected chi connectivity index (χ4v) is 3.34. The van der Waals surface area contributed by atoms with Gasteiger partial charge in [-0.05, 0) is 17.7 Å². The molecular weight excluding hydrogens is 388 g/mol. The number of hydrogen-bond donors (Lipinski definition) is 0. The molecule has 0 N–H and O–H groups in total. The Bertz CT molecular complexity index is 879. The zero-order valence-corrected chi connectivity index (χ0v) is 15.4. The van der Waals surface area contributed by atoms with Gasteiger partial charge in [0.1, 0.15) is 5.75 Å². The monoisotopic (exact) mass is 402 g/mol. The van der Waals surface area contributed by atoms with E-state index in [-0.39, 0.29) is 17.0 Å². The summed E-state index contributed by atoms with van der Waals surface area (Å²) in [5.41, 5.74) is 3.01. The number of fused-ring (bicyclic) bond motifs is 1. The first-order valence-electron chi connectivity index (χ1n) is 7.21. The Morgan fingerprint density at radius 2 is 1.75 bits per heavy atom. The van der Waals surface area contributed by atoms with Gasteiger partial charge in [-0.2, -0.15) is 9.78 Å². The number of hydrogen-bond acceptors (Lipinski definition) is 5. The van der Waals surface area contributed by atoms with Crippen molar-refractivity contribution < 1.29 is 4.74 Å². The van der Waals surface area contributed by atoms with E-state index in [1.54, 1.807) is 23.5 Å². The maximum Gasteiger partial charge on any atom is 0.212 e. The lowest BCUT2D eigenvalue weighted by Gasteiger charge is -2.14. The van der Waals surface area contributed by atoms with E-state index in [4.69, 9.17) is 9.84 Å². The standard InChI is InChI=1S/C17H14N4OS.BrH/c1-22-15-10-6-5-9-13(15)16-18-19-17-21(16)20-14(11-23-17)12-7-3-2-4-8-12;/h2-10H,11H2,1H3;1H. The number of aromatic nitrogens is 3. The molecule has 24 heavy (non-hydrogen) atoms. The third-order valence-corrected chi connectivity index (χ3v) is 4.56. The van der Waals surface area contributed by atoms with Crippen LogP contribution in [0, 0.1) is 0 Å². The van der Waals surface area contributed by atoms with E-state index in [0.717, 1.165) is 33.5 Å². The second kappa shape index (κ2) is 7.19. The van der Waals surface area contributed by atoms with Crippen molar-refractivity contribution in [1.82, 2.24) is 14.9 Å². The van der Waals surface area contributed by atoms with Crippen molar-refractivity contribution >= 4 is 34.5 Å². The van der Waals surface area contributed by atoms with E-state index in [9.17, 15) is 0 Å². The van der Waals surface area contributed by atoms with Gasteiger partial charge in [-0.3, -0.25) is 0 Å². The van der Waals surface area contributed by atoms with Gasteiger partial charge in [0.25, 0.3) is 0 Å². The van der Waals surface area contributed by atoms with E-state index in [1.165, 1.54) is 0 Å². The van der Waals surface area contributed by atoms with Gasteiger partial charge in [-0.1, -0.05) is 54.2 Å². The lowest BCUT2D eigenvalue weighted by molar-refractivity contribution is 0.416. The molecule has 0 aliphatic carbocycles. The largest absolute Gasteiger partial charge is 0.496 e. The van der Waals surface area contributed by atoms with Crippen LogP contribution in [0.5, 0.6) is 5.75 Å². The highest BCUT2D eigenvalue weighted by atomic mass is 79.9. The lowest BCUT2D eigenvalue weighted by atomic mass is 10.1. The van der Waals surface area contributed by atoms with Gasteiger partial charge in [-0.15, -0.1) is 27.2 Å². The van der Waals surface area contributed by atoms with E-state index in [1.807, 2.05) is 42.5 Å². The SMILES string of the molecule is Br.COc1ccccc1-c1nnc2n1N=C(c1ccccc1)CS2. The van der Waals surface area contributed by atoms with Crippen LogP contribution in [0.25, 0.3) is 11.4 Å². The highest BCUT2D eigenvalue weighted by Crippen LogP contribution is 2.32. The minimum absolute atomic E-state index is 0. The van der Waals surface area contributed by atoms with Crippen LogP contribution in [0.3, 0.4) is 0 Å². The minimum atomic E-state index is 0. The molecule has 3 aromatic rings. The summed E-state index contributed by atoms with van der Waals surface area (Å²) in [5.74, 6) is 2.24. The second-order valence-electron chi connectivity index (χ2n) is 5.02. The van der Waals surface area contributed by atoms with Crippen LogP contribution < -0.4 is 4.74 Å². The number of ether oxygens (including phenoxy) is 1. The van der Waals surface area contributed by atoms with Gasteiger partial charge in [0.15, 0.2) is 5.82 Å². The molecule has 0 bridgehead atoms. The maximum absolute atomic E-state index is 5.44. The van der Waals surface area contributed by atoms with E-state index >= 15 is 0 Å². The fourth-order valence-electron chi connectivity index (χ4n) is 2.50. The molecule has 0 amide bonds. The Kier molecular flexibility index (Phi) is 5.01. The Hall–Kier alpha value is -2.12. The quantitative estimate of drug-likeness (QED) is 0.666. The lowest BCUT2D eigenvalue weighted by Crippen LogP contribution is -2.13. The highest BCUT2D eigenvalue weighted by molar-refractivity contribution is 8.93. The van der Waals surface area contributed by atoms with Crippen LogP contribution in [0.2, 0.25) is 0 Å². The summed E-state index contributed by atoms with van der Waals surface area (Å²) in [4.78, 5) is 0. The number of para-hydroxylation sites is 1. The van der Waals surface area contributed by atoms with Crippen LogP contribution >= 0.6 is 28.7 Å². The van der Waals surface area contributed by atoms with Crippen LogP contribution in [-0.4, -0.2) is 33.4 Å². The van der Waals surface area contributed by atoms with Crippen molar-refractivity contribution in [1.29, 1.82) is 0 Å². The molecule has 0 radical (unpaired) electrons. The Labute approximate surface area is 154 Å². The van der Waals surface area contributed by atoms with Crippen LogP contribution in [-0.2, 0) is 0 Å². The minimum Gasteiger partial charge on any atom is -0.496 e. The molecule has 0 spiro atoms. The molecule has 0 unspecified atom stereocenters. The van der Waals surface area contributed by atoms with Gasteiger partial charge in [0.05, 0.1) is 18.4 Å². The molecule has 1 aromatic heterocycles. The average Bonchev–Trinajstić information content (AvgIpc) is 3.05. The molecule has 5 nitrogen and oxygen atoms in total. The second-order valence-corrected chi connectivity index (χ2v) is 5.96. The molecule has 0 atom stereocenters. The zero-order chi connectivity index (χ0) is 15.6. The van der Waals surface area contributed by atoms with Crippen LogP contribution in [0.4, 0.5) is 0 Å². The van der Waals surface area contributed by atoms with E-state index in [0.29, 0.717) is 5.82 Å². The first kappa shape index (κ1) is 16.7. The van der Waals surface area contributed by atoms with Gasteiger partial charge >= 0.3 is 0 Å². The van der Waals surface area contributed by atoms with Crippen molar-refractivity contribution in [2.45, 2.75) is 5.16 Å². The van der Waals surface area contributed by atoms with Crippen molar-refractivity contribution in [3.05, 3.63) is 60.2 Å². The third-order valence-electron chi connectivity index (χ3n) is 3.63. The van der Waals surface area contributed by atoms with Gasteiger partial charge in [-0.25, -0.2) is 0 Å². The highest BCUT2D eigenvalue weighted by Gasteiger charge is 2.22. The zero-order valence-electron chi connectivity index (χ0n) is 12.9. The number of methoxy groups -OCH3 is 1. The van der Waals surface area contributed by atoms with E-state index in [2.05, 4.69) is 22.3 Å². The smallest absolute Gasteiger partial charge is 0.212 e. The summed E-state index contributed by atoms with van der Waals surface area (Å²) in [5, 5.41) is 14.1. The van der Waals surface area contributed by atoms with E-state index < -0.39 is 0 Å². The summed E-state index contributed by atoms with van der Waals surface area (Å²) in [6.07, 6.45) is 0. The third kappa shape index (κ3) is 2.97. The predicted octanol–water partition coefficient (Wildman–Crippen LogP) is 3.89. The average molecular weight is 403 g/mol. The first-order valence-corrected chi connectivity index (χ1v) is 8.20. The molecule has 2 heterocycles. The maximum atomic E-state index is 5.44. The normalized spacial score (nSPS) is 12.8. The molecule has 0 saturated heterocycles. The number of rotatable bonds is 3. The summed E-state index contributed by atoms with van der Waals surface area (Å²) < 4.78 is 7.24. The number of benzene rings is 2. The fraction of sp³-hybridized carbons (Fsp3) is 0.118. The summed E-state index contributed by atoms with van der Waals surface area (Å²) in [6, 6.07) is 17.9. The number of thioether (sulfide) groups is 1. The van der Waals surface area contributed by atoms with Crippen molar-refractivity contribution in [3.63, 3.8) is 0 Å². The molecule has 0 fully saturated rings. The van der Waals surface area contributed by atoms with Crippen molar-refractivity contribution in [2.24, 2.45) is 5.10 Å². The van der Waals surface area contributed by atoms with Gasteiger partial charge < -0.3 is 4.74 Å². The van der Waals surface area contributed by atoms with Gasteiger partial charge in [0.2, 0.25) is 5.16 Å². The predicted molar refractivity (Wildman–Crippen MR) is 101 cm³/mol. The Morgan fingerprint density at radius 1 is 1.00 bits per heavy atom. The molecule has 122 valence electrons. The van der Waals surface area contributed by atoms with Crippen LogP contribution in [0.15, 0.2) is 64.9 Å². The molecular formula is C17H15BrN4OS. The van der Waals surface area contributed by atoms with Crippen LogP contribution in [0.1, 0.15) is 5.56 Å². The topological polar surface area (TPSA) is 52.3 Å². The first-order chi connectivity index (χ1) is 11.4. The summed E-state index contributed by atoms with van der Waals surface area (Å²) in [7, 11) is 1.65. The summed E-state index contributed by atoms with van der Waals surface area (Å²) >= 11 is 1.64. The molecule has 2 aromatic carbocycles. The molecule has 0 saturated carbocycles. The van der Waals surface area contributed by atoms with Crippen molar-refractivity contribution in [2.75, 3.05) is 12.9 Å². The molecule has 1 aliphatic rings. The van der Waals surface area contributed by atoms with Gasteiger partial charge in [0, 0.05) is 5.75 Å². The Balaban J connectivity index is 0.00000169. The molecule has 4 rings (SSSR count). The Morgan fingerprint density at radius 3 is 2.54 bits per heavy atom. The number of nitrogens with zero attached hydrogens (tertiary/aromatic N) is 4. The summed E-state index contributed by atoms with van der Waals surface area (Å²) in [6.45, 7) is 0. The molecule has 1 aliphatic heterocycles. The molecule has 7 heteroatoms.